The maximum absolute atomic E-state index is 14.1. The summed E-state index contributed by atoms with van der Waals surface area (Å²) in [5.41, 5.74) is 0.517. The molecule has 1 aromatic rings. The molecule has 0 aliphatic carbocycles. The molecule has 1 aromatic carbocycles. The van der Waals surface area contributed by atoms with Gasteiger partial charge in [0.1, 0.15) is 0 Å². The van der Waals surface area contributed by atoms with Gasteiger partial charge in [-0.2, -0.15) is 0 Å². The summed E-state index contributed by atoms with van der Waals surface area (Å²) in [5, 5.41) is 3.30. The van der Waals surface area contributed by atoms with E-state index in [2.05, 4.69) is 17.1 Å². The molecule has 1 aliphatic rings. The van der Waals surface area contributed by atoms with Gasteiger partial charge in [-0.1, -0.05) is 38.3 Å². The first-order chi connectivity index (χ1) is 9.74. The molecule has 1 N–H and O–H groups in total. The van der Waals surface area contributed by atoms with Gasteiger partial charge in [0.2, 0.25) is 0 Å². The van der Waals surface area contributed by atoms with Gasteiger partial charge < -0.3 is 5.32 Å². The zero-order chi connectivity index (χ0) is 14.4. The van der Waals surface area contributed by atoms with Crippen LogP contribution in [-0.2, 0) is 0 Å². The Labute approximate surface area is 120 Å². The molecule has 112 valence electrons. The van der Waals surface area contributed by atoms with Crippen LogP contribution in [0.4, 0.5) is 8.78 Å². The van der Waals surface area contributed by atoms with E-state index in [1.165, 1.54) is 6.07 Å². The topological polar surface area (TPSA) is 15.3 Å². The zero-order valence-electron chi connectivity index (χ0n) is 12.2. The molecule has 0 radical (unpaired) electrons. The lowest BCUT2D eigenvalue weighted by molar-refractivity contribution is 0.159. The highest BCUT2D eigenvalue weighted by molar-refractivity contribution is 5.23. The predicted octanol–water partition coefficient (Wildman–Crippen LogP) is 3.49. The van der Waals surface area contributed by atoms with Crippen LogP contribution in [0.1, 0.15) is 44.2 Å². The molecule has 0 unspecified atom stereocenters. The van der Waals surface area contributed by atoms with Gasteiger partial charge in [0.15, 0.2) is 11.6 Å². The summed E-state index contributed by atoms with van der Waals surface area (Å²) in [6, 6.07) is 4.54. The number of halogens is 2. The molecule has 1 fully saturated rings. The summed E-state index contributed by atoms with van der Waals surface area (Å²) in [6.45, 7) is 5.78. The smallest absolute Gasteiger partial charge is 0.163 e. The van der Waals surface area contributed by atoms with Gasteiger partial charge in [0.25, 0.3) is 0 Å². The number of nitrogens with one attached hydrogen (secondary N) is 1. The van der Waals surface area contributed by atoms with E-state index >= 15 is 0 Å². The largest absolute Gasteiger partial charge is 0.314 e. The molecule has 20 heavy (non-hydrogen) atoms. The van der Waals surface area contributed by atoms with Gasteiger partial charge in [0, 0.05) is 37.8 Å². The SMILES string of the molecule is CCCCC[C@@H](c1cccc(F)c1F)N1CCNCC1. The molecule has 0 saturated carbocycles. The number of nitrogens with zero attached hydrogens (tertiary/aromatic N) is 1. The Balaban J connectivity index is 2.17. The fourth-order valence-electron chi connectivity index (χ4n) is 2.89. The number of rotatable bonds is 6. The van der Waals surface area contributed by atoms with Crippen molar-refractivity contribution in [1.29, 1.82) is 0 Å². The zero-order valence-corrected chi connectivity index (χ0v) is 12.2. The van der Waals surface area contributed by atoms with Gasteiger partial charge >= 0.3 is 0 Å². The molecule has 1 atom stereocenters. The Hall–Kier alpha value is -1.00. The van der Waals surface area contributed by atoms with Crippen molar-refractivity contribution in [2.45, 2.75) is 38.6 Å². The first-order valence-electron chi connectivity index (χ1n) is 7.62. The van der Waals surface area contributed by atoms with Crippen molar-refractivity contribution in [3.8, 4) is 0 Å². The van der Waals surface area contributed by atoms with Crippen LogP contribution < -0.4 is 5.32 Å². The summed E-state index contributed by atoms with van der Waals surface area (Å²) in [5.74, 6) is -1.41. The number of piperazine rings is 1. The Morgan fingerprint density at radius 3 is 2.65 bits per heavy atom. The first kappa shape index (κ1) is 15.4. The molecular weight excluding hydrogens is 258 g/mol. The number of hydrogen-bond donors (Lipinski definition) is 1. The highest BCUT2D eigenvalue weighted by Crippen LogP contribution is 2.29. The summed E-state index contributed by atoms with van der Waals surface area (Å²) < 4.78 is 27.6. The Morgan fingerprint density at radius 2 is 1.95 bits per heavy atom. The van der Waals surface area contributed by atoms with Crippen molar-refractivity contribution in [1.82, 2.24) is 10.2 Å². The summed E-state index contributed by atoms with van der Waals surface area (Å²) in [7, 11) is 0. The maximum atomic E-state index is 14.1. The minimum Gasteiger partial charge on any atom is -0.314 e. The highest BCUT2D eigenvalue weighted by atomic mass is 19.2. The maximum Gasteiger partial charge on any atom is 0.163 e. The van der Waals surface area contributed by atoms with E-state index in [1.54, 1.807) is 12.1 Å². The van der Waals surface area contributed by atoms with Gasteiger partial charge in [0.05, 0.1) is 0 Å². The molecule has 0 amide bonds. The normalized spacial score (nSPS) is 18.1. The summed E-state index contributed by atoms with van der Waals surface area (Å²) in [4.78, 5) is 2.28. The lowest BCUT2D eigenvalue weighted by Crippen LogP contribution is -2.45. The first-order valence-corrected chi connectivity index (χ1v) is 7.62. The molecule has 1 saturated heterocycles. The van der Waals surface area contributed by atoms with E-state index in [1.807, 2.05) is 0 Å². The summed E-state index contributed by atoms with van der Waals surface area (Å²) in [6.07, 6.45) is 4.23. The molecule has 1 aliphatic heterocycles. The molecule has 1 heterocycles. The average Bonchev–Trinajstić information content (AvgIpc) is 2.48. The second-order valence-electron chi connectivity index (χ2n) is 5.44. The quantitative estimate of drug-likeness (QED) is 0.803. The monoisotopic (exact) mass is 282 g/mol. The van der Waals surface area contributed by atoms with E-state index in [-0.39, 0.29) is 6.04 Å². The van der Waals surface area contributed by atoms with Crippen LogP contribution in [0.15, 0.2) is 18.2 Å². The standard InChI is InChI=1S/C16H24F2N2/c1-2-3-4-8-15(20-11-9-19-10-12-20)13-6-5-7-14(17)16(13)18/h5-7,15,19H,2-4,8-12H2,1H3/t15-/m0/s1. The van der Waals surface area contributed by atoms with Crippen molar-refractivity contribution in [2.75, 3.05) is 26.2 Å². The van der Waals surface area contributed by atoms with E-state index in [0.29, 0.717) is 5.56 Å². The van der Waals surface area contributed by atoms with Gasteiger partial charge in [-0.3, -0.25) is 4.90 Å². The highest BCUT2D eigenvalue weighted by Gasteiger charge is 2.25. The molecule has 2 rings (SSSR count). The van der Waals surface area contributed by atoms with Crippen molar-refractivity contribution in [3.63, 3.8) is 0 Å². The van der Waals surface area contributed by atoms with Crippen molar-refractivity contribution >= 4 is 0 Å². The van der Waals surface area contributed by atoms with E-state index in [9.17, 15) is 8.78 Å². The van der Waals surface area contributed by atoms with Crippen LogP contribution in [0.3, 0.4) is 0 Å². The van der Waals surface area contributed by atoms with Crippen LogP contribution in [-0.4, -0.2) is 31.1 Å². The van der Waals surface area contributed by atoms with Crippen molar-refractivity contribution < 1.29 is 8.78 Å². The molecule has 0 spiro atoms. The Morgan fingerprint density at radius 1 is 1.20 bits per heavy atom. The lowest BCUT2D eigenvalue weighted by atomic mass is 9.97. The Kier molecular flexibility index (Phi) is 5.92. The van der Waals surface area contributed by atoms with Crippen LogP contribution in [0.2, 0.25) is 0 Å². The molecule has 4 heteroatoms. The third-order valence-electron chi connectivity index (χ3n) is 4.01. The summed E-state index contributed by atoms with van der Waals surface area (Å²) >= 11 is 0. The van der Waals surface area contributed by atoms with Gasteiger partial charge in [-0.25, -0.2) is 8.78 Å². The van der Waals surface area contributed by atoms with Crippen molar-refractivity contribution in [2.24, 2.45) is 0 Å². The van der Waals surface area contributed by atoms with E-state index in [4.69, 9.17) is 0 Å². The average molecular weight is 282 g/mol. The van der Waals surface area contributed by atoms with Crippen LogP contribution in [0, 0.1) is 11.6 Å². The second-order valence-corrected chi connectivity index (χ2v) is 5.44. The predicted molar refractivity (Wildman–Crippen MR) is 77.7 cm³/mol. The molecular formula is C16H24F2N2. The third kappa shape index (κ3) is 3.76. The Bertz CT molecular complexity index is 417. The molecule has 0 aromatic heterocycles. The third-order valence-corrected chi connectivity index (χ3v) is 4.01. The fourth-order valence-corrected chi connectivity index (χ4v) is 2.89. The minimum absolute atomic E-state index is 0.000602. The van der Waals surface area contributed by atoms with E-state index in [0.717, 1.165) is 51.9 Å². The lowest BCUT2D eigenvalue weighted by Gasteiger charge is -2.35. The fraction of sp³-hybridized carbons (Fsp3) is 0.625. The molecule has 0 bridgehead atoms. The number of unbranched alkanes of at least 4 members (excludes halogenated alkanes) is 2. The van der Waals surface area contributed by atoms with Crippen molar-refractivity contribution in [3.05, 3.63) is 35.4 Å². The number of hydrogen-bond acceptors (Lipinski definition) is 2. The molecule has 2 nitrogen and oxygen atoms in total. The van der Waals surface area contributed by atoms with Gasteiger partial charge in [-0.15, -0.1) is 0 Å². The van der Waals surface area contributed by atoms with Crippen LogP contribution in [0.5, 0.6) is 0 Å². The number of benzene rings is 1. The van der Waals surface area contributed by atoms with Crippen LogP contribution in [0.25, 0.3) is 0 Å². The van der Waals surface area contributed by atoms with Crippen LogP contribution >= 0.6 is 0 Å². The van der Waals surface area contributed by atoms with Gasteiger partial charge in [-0.05, 0) is 12.5 Å². The second kappa shape index (κ2) is 7.70. The minimum atomic E-state index is -0.738. The van der Waals surface area contributed by atoms with E-state index < -0.39 is 11.6 Å².